The quantitative estimate of drug-likeness (QED) is 0.837. The summed E-state index contributed by atoms with van der Waals surface area (Å²) in [7, 11) is 0. The van der Waals surface area contributed by atoms with Crippen molar-refractivity contribution in [1.82, 2.24) is 4.90 Å². The normalized spacial score (nSPS) is 27.1. The molecule has 0 bridgehead atoms. The minimum atomic E-state index is -0.0966. The summed E-state index contributed by atoms with van der Waals surface area (Å²) in [6.45, 7) is 11.7. The maximum absolute atomic E-state index is 12.4. The number of ether oxygens (including phenoxy) is 1. The Morgan fingerprint density at radius 3 is 2.61 bits per heavy atom. The molecule has 0 aromatic heterocycles. The van der Waals surface area contributed by atoms with Gasteiger partial charge in [-0.15, -0.1) is 0 Å². The molecule has 3 atom stereocenters. The molecule has 3 unspecified atom stereocenters. The fraction of sp³-hybridized carbons (Fsp3) is 0.929. The first-order valence-electron chi connectivity index (χ1n) is 6.92. The summed E-state index contributed by atoms with van der Waals surface area (Å²) in [6, 6.07) is 0.113. The third-order valence-corrected chi connectivity index (χ3v) is 3.77. The van der Waals surface area contributed by atoms with E-state index < -0.39 is 0 Å². The van der Waals surface area contributed by atoms with Gasteiger partial charge >= 0.3 is 0 Å². The van der Waals surface area contributed by atoms with Gasteiger partial charge in [0.05, 0.1) is 18.8 Å². The van der Waals surface area contributed by atoms with E-state index in [4.69, 9.17) is 10.5 Å². The SMILES string of the molecule is CCC1COC(C)CN1C(=O)CC(N)C(C)(C)C. The Kier molecular flexibility index (Phi) is 5.17. The highest BCUT2D eigenvalue weighted by Gasteiger charge is 2.32. The van der Waals surface area contributed by atoms with Crippen LogP contribution < -0.4 is 5.73 Å². The van der Waals surface area contributed by atoms with Crippen molar-refractivity contribution < 1.29 is 9.53 Å². The summed E-state index contributed by atoms with van der Waals surface area (Å²) in [4.78, 5) is 14.3. The van der Waals surface area contributed by atoms with Crippen molar-refractivity contribution in [2.75, 3.05) is 13.2 Å². The van der Waals surface area contributed by atoms with E-state index in [-0.39, 0.29) is 29.5 Å². The van der Waals surface area contributed by atoms with Gasteiger partial charge in [0.1, 0.15) is 0 Å². The summed E-state index contributed by atoms with van der Waals surface area (Å²) in [5, 5.41) is 0. The van der Waals surface area contributed by atoms with Gasteiger partial charge in [-0.25, -0.2) is 0 Å². The van der Waals surface area contributed by atoms with Crippen molar-refractivity contribution in [3.05, 3.63) is 0 Å². The molecule has 1 aliphatic rings. The molecule has 2 N–H and O–H groups in total. The molecule has 0 saturated carbocycles. The molecule has 1 fully saturated rings. The summed E-state index contributed by atoms with van der Waals surface area (Å²) < 4.78 is 5.61. The average molecular weight is 256 g/mol. The van der Waals surface area contributed by atoms with E-state index in [9.17, 15) is 4.79 Å². The molecule has 0 aromatic rings. The van der Waals surface area contributed by atoms with Gasteiger partial charge in [-0.3, -0.25) is 4.79 Å². The number of amides is 1. The molecule has 4 heteroatoms. The van der Waals surface area contributed by atoms with E-state index in [0.717, 1.165) is 6.42 Å². The Bertz CT molecular complexity index is 286. The van der Waals surface area contributed by atoms with Crippen LogP contribution in [0.5, 0.6) is 0 Å². The standard InChI is InChI=1S/C14H28N2O2/c1-6-11-9-18-10(2)8-16(11)13(17)7-12(15)14(3,4)5/h10-12H,6-9,15H2,1-5H3. The van der Waals surface area contributed by atoms with Crippen LogP contribution in [-0.2, 0) is 9.53 Å². The highest BCUT2D eigenvalue weighted by Crippen LogP contribution is 2.22. The first-order chi connectivity index (χ1) is 8.25. The fourth-order valence-electron chi connectivity index (χ4n) is 2.10. The van der Waals surface area contributed by atoms with Crippen LogP contribution in [-0.4, -0.2) is 42.1 Å². The van der Waals surface area contributed by atoms with Crippen LogP contribution in [0.25, 0.3) is 0 Å². The molecular formula is C14H28N2O2. The lowest BCUT2D eigenvalue weighted by Crippen LogP contribution is -2.53. The lowest BCUT2D eigenvalue weighted by Gasteiger charge is -2.39. The van der Waals surface area contributed by atoms with Crippen LogP contribution in [0.2, 0.25) is 0 Å². The van der Waals surface area contributed by atoms with E-state index in [0.29, 0.717) is 19.6 Å². The minimum absolute atomic E-state index is 0.0325. The monoisotopic (exact) mass is 256 g/mol. The van der Waals surface area contributed by atoms with Gasteiger partial charge in [-0.2, -0.15) is 0 Å². The molecule has 0 spiro atoms. The number of hydrogen-bond acceptors (Lipinski definition) is 3. The lowest BCUT2D eigenvalue weighted by atomic mass is 9.85. The molecule has 0 aliphatic carbocycles. The Balaban J connectivity index is 2.63. The van der Waals surface area contributed by atoms with Gasteiger partial charge in [-0.05, 0) is 18.8 Å². The third kappa shape index (κ3) is 3.95. The fourth-order valence-corrected chi connectivity index (χ4v) is 2.10. The van der Waals surface area contributed by atoms with Crippen LogP contribution >= 0.6 is 0 Å². The highest BCUT2D eigenvalue weighted by atomic mass is 16.5. The average Bonchev–Trinajstić information content (AvgIpc) is 2.27. The molecule has 1 amide bonds. The zero-order valence-electron chi connectivity index (χ0n) is 12.4. The van der Waals surface area contributed by atoms with Gasteiger partial charge in [0.25, 0.3) is 0 Å². The topological polar surface area (TPSA) is 55.6 Å². The zero-order valence-corrected chi connectivity index (χ0v) is 12.4. The van der Waals surface area contributed by atoms with Crippen molar-refractivity contribution in [1.29, 1.82) is 0 Å². The zero-order chi connectivity index (χ0) is 13.9. The van der Waals surface area contributed by atoms with Crippen LogP contribution in [0.15, 0.2) is 0 Å². The number of nitrogens with two attached hydrogens (primary N) is 1. The largest absolute Gasteiger partial charge is 0.375 e. The first kappa shape index (κ1) is 15.4. The van der Waals surface area contributed by atoms with Gasteiger partial charge in [0.2, 0.25) is 5.91 Å². The molecule has 0 radical (unpaired) electrons. The molecule has 1 rings (SSSR count). The third-order valence-electron chi connectivity index (χ3n) is 3.77. The summed E-state index contributed by atoms with van der Waals surface area (Å²) in [5.74, 6) is 0.166. The van der Waals surface area contributed by atoms with Crippen molar-refractivity contribution >= 4 is 5.91 Å². The van der Waals surface area contributed by atoms with Crippen LogP contribution in [0.3, 0.4) is 0 Å². The van der Waals surface area contributed by atoms with E-state index in [1.165, 1.54) is 0 Å². The van der Waals surface area contributed by atoms with Gasteiger partial charge in [0.15, 0.2) is 0 Å². The summed E-state index contributed by atoms with van der Waals surface area (Å²) >= 11 is 0. The number of nitrogens with zero attached hydrogens (tertiary/aromatic N) is 1. The van der Waals surface area contributed by atoms with Crippen molar-refractivity contribution in [2.45, 2.75) is 65.6 Å². The van der Waals surface area contributed by atoms with Gasteiger partial charge < -0.3 is 15.4 Å². The Morgan fingerprint density at radius 2 is 2.11 bits per heavy atom. The van der Waals surface area contributed by atoms with Gasteiger partial charge in [0, 0.05) is 19.0 Å². The van der Waals surface area contributed by atoms with Crippen LogP contribution in [0, 0.1) is 5.41 Å². The molecule has 1 saturated heterocycles. The van der Waals surface area contributed by atoms with Crippen LogP contribution in [0.4, 0.5) is 0 Å². The number of rotatable bonds is 3. The number of hydrogen-bond donors (Lipinski definition) is 1. The first-order valence-corrected chi connectivity index (χ1v) is 6.92. The predicted octanol–water partition coefficient (Wildman–Crippen LogP) is 1.78. The molecule has 0 aromatic carbocycles. The second kappa shape index (κ2) is 6.02. The molecule has 4 nitrogen and oxygen atoms in total. The molecule has 1 heterocycles. The molecule has 106 valence electrons. The molecule has 1 aliphatic heterocycles. The van der Waals surface area contributed by atoms with Crippen LogP contribution in [0.1, 0.15) is 47.5 Å². The number of carbonyl (C=O) groups is 1. The molecule has 18 heavy (non-hydrogen) atoms. The van der Waals surface area contributed by atoms with Crippen molar-refractivity contribution in [3.63, 3.8) is 0 Å². The lowest BCUT2D eigenvalue weighted by molar-refractivity contribution is -0.145. The van der Waals surface area contributed by atoms with E-state index >= 15 is 0 Å². The second-order valence-corrected chi connectivity index (χ2v) is 6.43. The summed E-state index contributed by atoms with van der Waals surface area (Å²) in [5.41, 5.74) is 6.07. The highest BCUT2D eigenvalue weighted by molar-refractivity contribution is 5.77. The Hall–Kier alpha value is -0.610. The Morgan fingerprint density at radius 1 is 1.50 bits per heavy atom. The van der Waals surface area contributed by atoms with E-state index in [2.05, 4.69) is 27.7 Å². The molecular weight excluding hydrogens is 228 g/mol. The smallest absolute Gasteiger partial charge is 0.224 e. The maximum atomic E-state index is 12.4. The van der Waals surface area contributed by atoms with Crippen molar-refractivity contribution in [2.24, 2.45) is 11.1 Å². The van der Waals surface area contributed by atoms with E-state index in [1.54, 1.807) is 0 Å². The minimum Gasteiger partial charge on any atom is -0.375 e. The number of carbonyl (C=O) groups excluding carboxylic acids is 1. The maximum Gasteiger partial charge on any atom is 0.224 e. The Labute approximate surface area is 111 Å². The van der Waals surface area contributed by atoms with Crippen molar-refractivity contribution in [3.8, 4) is 0 Å². The summed E-state index contributed by atoms with van der Waals surface area (Å²) in [6.07, 6.45) is 1.48. The van der Waals surface area contributed by atoms with E-state index in [1.807, 2.05) is 11.8 Å². The second-order valence-electron chi connectivity index (χ2n) is 6.43. The predicted molar refractivity (Wildman–Crippen MR) is 73.3 cm³/mol. The van der Waals surface area contributed by atoms with Gasteiger partial charge in [-0.1, -0.05) is 27.7 Å². The number of morpholine rings is 1.